The van der Waals surface area contributed by atoms with Crippen LogP contribution >= 0.6 is 34.3 Å². The first kappa shape index (κ1) is 67.0. The Morgan fingerprint density at radius 2 is 1.55 bits per heavy atom. The molecule has 0 saturated carbocycles. The van der Waals surface area contributed by atoms with Crippen LogP contribution in [0.1, 0.15) is 151 Å². The number of carbonyl (C=O) groups excluding carboxylic acids is 5. The van der Waals surface area contributed by atoms with Gasteiger partial charge in [0.15, 0.2) is 10.9 Å². The van der Waals surface area contributed by atoms with Crippen LogP contribution in [0.15, 0.2) is 48.0 Å². The van der Waals surface area contributed by atoms with Gasteiger partial charge in [-0.25, -0.2) is 28.3 Å². The van der Waals surface area contributed by atoms with Gasteiger partial charge in [0.25, 0.3) is 0 Å². The first-order valence-electron chi connectivity index (χ1n) is 31.5. The quantitative estimate of drug-likeness (QED) is 0.0552. The third-order valence-electron chi connectivity index (χ3n) is 17.2. The number of ether oxygens (including phenoxy) is 3. The number of anilines is 2. The van der Waals surface area contributed by atoms with Crippen molar-refractivity contribution in [3.05, 3.63) is 75.9 Å². The molecule has 4 fully saturated rings. The van der Waals surface area contributed by atoms with E-state index in [1.165, 1.54) is 17.0 Å². The summed E-state index contributed by atoms with van der Waals surface area (Å²) in [4.78, 5) is 95.3. The summed E-state index contributed by atoms with van der Waals surface area (Å²) in [5.74, 6) is -2.06. The number of amides is 5. The number of aliphatic hydroxyl groups excluding tert-OH is 1. The largest absolute Gasteiger partial charge is 0.462 e. The molecule has 91 heavy (non-hydrogen) atoms. The van der Waals surface area contributed by atoms with Crippen molar-refractivity contribution in [2.24, 2.45) is 5.41 Å². The second kappa shape index (κ2) is 27.4. The van der Waals surface area contributed by atoms with Gasteiger partial charge in [-0.2, -0.15) is 9.97 Å². The topological polar surface area (TPSA) is 234 Å². The van der Waals surface area contributed by atoms with E-state index in [0.717, 1.165) is 91.1 Å². The molecule has 7 atom stereocenters. The minimum Gasteiger partial charge on any atom is -0.462 e. The molecule has 4 aliphatic rings. The van der Waals surface area contributed by atoms with E-state index in [4.69, 9.17) is 35.8 Å². The Kier molecular flexibility index (Phi) is 20.2. The summed E-state index contributed by atoms with van der Waals surface area (Å²) in [6.07, 6.45) is 4.56. The molecule has 10 rings (SSSR count). The lowest BCUT2D eigenvalue weighted by molar-refractivity contribution is -0.144. The summed E-state index contributed by atoms with van der Waals surface area (Å²) >= 11 is 9.54. The molecule has 4 N–H and O–H groups in total. The van der Waals surface area contributed by atoms with E-state index in [9.17, 15) is 29.1 Å². The molecule has 0 aliphatic carbocycles. The van der Waals surface area contributed by atoms with Crippen LogP contribution in [0.5, 0.6) is 6.01 Å². The van der Waals surface area contributed by atoms with Gasteiger partial charge in [-0.05, 0) is 142 Å². The highest BCUT2D eigenvalue weighted by molar-refractivity contribution is 7.22. The average Bonchev–Trinajstić information content (AvgIpc) is 1.73. The van der Waals surface area contributed by atoms with Gasteiger partial charge in [-0.3, -0.25) is 24.6 Å². The number of hydrogen-bond acceptors (Lipinski definition) is 17. The number of carbonyl (C=O) groups is 5. The molecule has 0 spiro atoms. The molecular formula is C66H84ClF2N11O9S2. The zero-order valence-electron chi connectivity index (χ0n) is 53.7. The molecule has 3 aromatic heterocycles. The van der Waals surface area contributed by atoms with Crippen LogP contribution in [0, 0.1) is 24.0 Å². The third-order valence-corrected chi connectivity index (χ3v) is 19.4. The number of halogens is 3. The molecule has 3 aromatic carbocycles. The maximum absolute atomic E-state index is 17.7. The van der Waals surface area contributed by atoms with Crippen molar-refractivity contribution in [3.63, 3.8) is 0 Å². The fourth-order valence-electron chi connectivity index (χ4n) is 12.8. The number of unbranched alkanes of at least 4 members (excludes halogenated alkanes) is 3. The van der Waals surface area contributed by atoms with Crippen LogP contribution in [0.25, 0.3) is 42.7 Å². The number of nitrogens with one attached hydrogen (secondary N) is 3. The summed E-state index contributed by atoms with van der Waals surface area (Å²) < 4.78 is 51.0. The molecular weight excluding hydrogens is 1230 g/mol. The van der Waals surface area contributed by atoms with Crippen LogP contribution in [-0.2, 0) is 23.9 Å². The zero-order chi connectivity index (χ0) is 65.4. The van der Waals surface area contributed by atoms with E-state index in [0.29, 0.717) is 30.7 Å². The first-order valence-corrected chi connectivity index (χ1v) is 33.6. The Morgan fingerprint density at radius 1 is 0.846 bits per heavy atom. The van der Waals surface area contributed by atoms with Crippen molar-refractivity contribution in [2.45, 2.75) is 194 Å². The Bertz CT molecular complexity index is 3670. The molecule has 5 amide bonds. The number of hydrogen-bond donors (Lipinski definition) is 4. The Morgan fingerprint density at radius 3 is 2.22 bits per heavy atom. The van der Waals surface area contributed by atoms with E-state index in [-0.39, 0.29) is 105 Å². The summed E-state index contributed by atoms with van der Waals surface area (Å²) in [6.45, 7) is 22.6. The van der Waals surface area contributed by atoms with Crippen molar-refractivity contribution in [3.8, 4) is 27.6 Å². The first-order chi connectivity index (χ1) is 43.0. The van der Waals surface area contributed by atoms with E-state index >= 15 is 8.78 Å². The molecule has 7 heterocycles. The predicted molar refractivity (Wildman–Crippen MR) is 350 cm³/mol. The van der Waals surface area contributed by atoms with Gasteiger partial charge in [-0.1, -0.05) is 80.8 Å². The van der Waals surface area contributed by atoms with Gasteiger partial charge in [0.1, 0.15) is 47.0 Å². The number of thiazole rings is 2. The highest BCUT2D eigenvalue weighted by atomic mass is 35.5. The lowest BCUT2D eigenvalue weighted by atomic mass is 9.85. The maximum atomic E-state index is 17.7. The van der Waals surface area contributed by atoms with Crippen molar-refractivity contribution in [1.82, 2.24) is 45.3 Å². The highest BCUT2D eigenvalue weighted by Gasteiger charge is 2.46. The summed E-state index contributed by atoms with van der Waals surface area (Å²) in [6, 6.07) is 9.51. The summed E-state index contributed by atoms with van der Waals surface area (Å²) in [7, 11) is 0. The van der Waals surface area contributed by atoms with E-state index in [2.05, 4.69) is 35.7 Å². The number of fused-ring (bicyclic) bond motifs is 4. The molecule has 2 unspecified atom stereocenters. The SMILES string of the molecule is Cc1ncsc1-c1ccc([C@H](C)NC(=O)[C@@H]2C[C@@H](O)CN2C(=O)[C@@H](NC(=O)CCCCCCN2CCC[C@H]2COc2nc(N3C4CCC3CN(C(=O)OC(C)(C)C)C4)c3cc(Cl)c(-c4ccc(F)c5sc(NC(=O)OC(C)(C)C)nc45)c(F)c3n2)C(C)(C)C)cc1. The van der Waals surface area contributed by atoms with Crippen molar-refractivity contribution in [2.75, 3.05) is 49.5 Å². The molecule has 490 valence electrons. The smallest absolute Gasteiger partial charge is 0.413 e. The fraction of sp³-hybridized carbons (Fsp3) is 0.561. The van der Waals surface area contributed by atoms with Crippen LogP contribution in [0.2, 0.25) is 5.02 Å². The molecule has 25 heteroatoms. The van der Waals surface area contributed by atoms with Crippen LogP contribution in [-0.4, -0.2) is 156 Å². The normalized spacial score (nSPS) is 20.3. The number of benzene rings is 3. The lowest BCUT2D eigenvalue weighted by Crippen LogP contribution is -2.57. The molecule has 20 nitrogen and oxygen atoms in total. The number of likely N-dealkylation sites (tertiary alicyclic amines) is 3. The fourth-order valence-corrected chi connectivity index (χ4v) is 14.8. The number of aromatic nitrogens is 4. The van der Waals surface area contributed by atoms with Gasteiger partial charge in [0, 0.05) is 67.1 Å². The summed E-state index contributed by atoms with van der Waals surface area (Å²) in [5.41, 5.74) is 2.61. The van der Waals surface area contributed by atoms with Crippen LogP contribution in [0.4, 0.5) is 29.3 Å². The zero-order valence-corrected chi connectivity index (χ0v) is 56.1. The van der Waals surface area contributed by atoms with Crippen LogP contribution in [0.3, 0.4) is 0 Å². The second-order valence-electron chi connectivity index (χ2n) is 27.6. The predicted octanol–water partition coefficient (Wildman–Crippen LogP) is 12.4. The van der Waals surface area contributed by atoms with Gasteiger partial charge in [0.2, 0.25) is 17.7 Å². The number of aryl methyl sites for hydroxylation is 1. The van der Waals surface area contributed by atoms with Gasteiger partial charge >= 0.3 is 18.2 Å². The summed E-state index contributed by atoms with van der Waals surface area (Å²) in [5, 5.41) is 19.8. The van der Waals surface area contributed by atoms with Gasteiger partial charge in [-0.15, -0.1) is 11.3 Å². The van der Waals surface area contributed by atoms with E-state index < -0.39 is 64.5 Å². The van der Waals surface area contributed by atoms with Crippen LogP contribution < -0.4 is 25.6 Å². The van der Waals surface area contributed by atoms with Crippen molar-refractivity contribution < 1.29 is 52.1 Å². The number of piperazine rings is 1. The molecule has 2 bridgehead atoms. The second-order valence-corrected chi connectivity index (χ2v) is 29.8. The Labute approximate surface area is 543 Å². The minimum absolute atomic E-state index is 0.00104. The molecule has 4 saturated heterocycles. The average molecular weight is 1310 g/mol. The molecule has 0 radical (unpaired) electrons. The number of nitrogens with zero attached hydrogens (tertiary/aromatic N) is 8. The van der Waals surface area contributed by atoms with Gasteiger partial charge < -0.3 is 44.7 Å². The van der Waals surface area contributed by atoms with Gasteiger partial charge in [0.05, 0.1) is 43.5 Å². The Balaban J connectivity index is 0.776. The highest BCUT2D eigenvalue weighted by Crippen LogP contribution is 2.46. The number of rotatable bonds is 19. The number of β-amino-alcohol motifs (C(OH)–C–C–N with tert-alkyl or cyclic N) is 1. The molecule has 4 aliphatic heterocycles. The monoisotopic (exact) mass is 1310 g/mol. The standard InChI is InChI=1S/C66H84ClF2N11O9S2/c1-36(38-19-21-39(22-20-38)54-37(2)70-35-90-54)71-58(83)48-29-43(81)33-79(48)59(84)56(64(3,4)5)72-49(82)18-14-12-13-15-27-77-28-16-17-42(77)34-87-60-73-52-45(57(75-60)80-40-23-24-41(80)32-78(31-40)63(86)89-66(9,10)11)30-46(67)50(51(52)69)44-25-26-47(68)55-53(44)74-61(91-55)76-62(85)88-65(6,7)8/h19-22,25-26,30,35-36,40-43,48,56,81H,12-18,23-24,27-29,31-34H2,1-11H3,(H,71,83)(H,72,82)(H,74,76,85)/t36-,40?,41?,42-,43+,48-,56+/m0/s1. The number of aliphatic hydroxyl groups is 1. The maximum Gasteiger partial charge on any atom is 0.413 e. The molecule has 6 aromatic rings. The van der Waals surface area contributed by atoms with E-state index in [1.807, 2.05) is 85.2 Å². The van der Waals surface area contributed by atoms with E-state index in [1.54, 1.807) is 43.1 Å². The van der Waals surface area contributed by atoms with Crippen molar-refractivity contribution >= 4 is 96.3 Å². The third kappa shape index (κ3) is 15.6. The lowest BCUT2D eigenvalue weighted by Gasteiger charge is -2.42. The minimum atomic E-state index is -0.934. The Hall–Kier alpha value is -6.86. The van der Waals surface area contributed by atoms with Crippen molar-refractivity contribution in [1.29, 1.82) is 0 Å².